The molecule has 2 heterocycles. The van der Waals surface area contributed by atoms with Crippen molar-refractivity contribution in [1.29, 1.82) is 0 Å². The number of likely N-dealkylation sites (tertiary alicyclic amines) is 1. The monoisotopic (exact) mass is 419 g/mol. The van der Waals surface area contributed by atoms with E-state index in [0.717, 1.165) is 44.8 Å². The van der Waals surface area contributed by atoms with Gasteiger partial charge in [-0.2, -0.15) is 11.8 Å². The molecule has 1 unspecified atom stereocenters. The van der Waals surface area contributed by atoms with Gasteiger partial charge in [-0.05, 0) is 18.4 Å². The molecule has 0 aliphatic carbocycles. The van der Waals surface area contributed by atoms with E-state index in [1.165, 1.54) is 11.3 Å². The number of amides is 1. The summed E-state index contributed by atoms with van der Waals surface area (Å²) < 4.78 is 0. The van der Waals surface area contributed by atoms with Gasteiger partial charge in [0, 0.05) is 63.2 Å². The Morgan fingerprint density at radius 2 is 1.92 bits per heavy atom. The van der Waals surface area contributed by atoms with Crippen molar-refractivity contribution in [3.05, 3.63) is 35.9 Å². The van der Waals surface area contributed by atoms with Crippen LogP contribution in [-0.4, -0.2) is 66.0 Å². The second-order valence-corrected chi connectivity index (χ2v) is 8.08. The fourth-order valence-electron chi connectivity index (χ4n) is 3.62. The lowest BCUT2D eigenvalue weighted by Gasteiger charge is -2.37. The highest BCUT2D eigenvalue weighted by molar-refractivity contribution is 7.99. The summed E-state index contributed by atoms with van der Waals surface area (Å²) in [6.45, 7) is 4.21. The standard InChI is InChI=1S/C19H29N3OS.2ClH/c1-21(19(23)13-17-15-24-12-9-20-17)18-7-10-22(11-8-18)14-16-5-3-2-4-6-16;;/h2-6,17-18,20H,7-15H2,1H3;2*1H. The van der Waals surface area contributed by atoms with Gasteiger partial charge < -0.3 is 10.2 Å². The fraction of sp³-hybridized carbons (Fsp3) is 0.632. The Labute approximate surface area is 174 Å². The lowest BCUT2D eigenvalue weighted by Crippen LogP contribution is -2.48. The van der Waals surface area contributed by atoms with Crippen LogP contribution in [0.4, 0.5) is 0 Å². The van der Waals surface area contributed by atoms with E-state index < -0.39 is 0 Å². The van der Waals surface area contributed by atoms with Crippen molar-refractivity contribution in [2.75, 3.05) is 38.2 Å². The van der Waals surface area contributed by atoms with Gasteiger partial charge in [-0.25, -0.2) is 0 Å². The van der Waals surface area contributed by atoms with Crippen molar-refractivity contribution in [1.82, 2.24) is 15.1 Å². The average molecular weight is 420 g/mol. The maximum absolute atomic E-state index is 12.5. The minimum atomic E-state index is 0. The van der Waals surface area contributed by atoms with Gasteiger partial charge >= 0.3 is 0 Å². The van der Waals surface area contributed by atoms with E-state index in [1.807, 2.05) is 23.7 Å². The third-order valence-corrected chi connectivity index (χ3v) is 6.30. The van der Waals surface area contributed by atoms with Crippen molar-refractivity contribution in [3.63, 3.8) is 0 Å². The predicted molar refractivity (Wildman–Crippen MR) is 116 cm³/mol. The molecule has 1 aromatic carbocycles. The van der Waals surface area contributed by atoms with Crippen LogP contribution in [0.3, 0.4) is 0 Å². The van der Waals surface area contributed by atoms with E-state index in [9.17, 15) is 4.79 Å². The Balaban J connectivity index is 0.00000169. The molecule has 0 spiro atoms. The second kappa shape index (κ2) is 12.1. The van der Waals surface area contributed by atoms with Crippen molar-refractivity contribution in [2.24, 2.45) is 0 Å². The Morgan fingerprint density at radius 3 is 2.54 bits per heavy atom. The first kappa shape index (κ1) is 23.6. The Bertz CT molecular complexity index is 521. The van der Waals surface area contributed by atoms with Gasteiger partial charge in [0.15, 0.2) is 0 Å². The maximum Gasteiger partial charge on any atom is 0.224 e. The number of thioether (sulfide) groups is 1. The zero-order valence-electron chi connectivity index (χ0n) is 15.4. The molecule has 2 saturated heterocycles. The molecule has 7 heteroatoms. The summed E-state index contributed by atoms with van der Waals surface area (Å²) in [4.78, 5) is 17.1. The van der Waals surface area contributed by atoms with Crippen LogP contribution < -0.4 is 5.32 Å². The third-order valence-electron chi connectivity index (χ3n) is 5.17. The third kappa shape index (κ3) is 6.93. The molecule has 2 aliphatic rings. The van der Waals surface area contributed by atoms with E-state index in [0.29, 0.717) is 24.4 Å². The molecule has 0 radical (unpaired) electrons. The molecule has 1 aromatic rings. The molecular formula is C19H31Cl2N3OS. The second-order valence-electron chi connectivity index (χ2n) is 6.93. The summed E-state index contributed by atoms with van der Waals surface area (Å²) in [6, 6.07) is 11.4. The molecule has 26 heavy (non-hydrogen) atoms. The maximum atomic E-state index is 12.5. The van der Waals surface area contributed by atoms with Crippen LogP contribution in [0, 0.1) is 0 Å². The zero-order chi connectivity index (χ0) is 16.8. The van der Waals surface area contributed by atoms with E-state index in [-0.39, 0.29) is 24.8 Å². The number of nitrogens with one attached hydrogen (secondary N) is 1. The number of hydrogen-bond donors (Lipinski definition) is 1. The molecule has 1 atom stereocenters. The SMILES string of the molecule is CN(C(=O)CC1CSCCN1)C1CCN(Cc2ccccc2)CC1.Cl.Cl. The van der Waals surface area contributed by atoms with Crippen molar-refractivity contribution < 1.29 is 4.79 Å². The van der Waals surface area contributed by atoms with Gasteiger partial charge in [0.25, 0.3) is 0 Å². The molecule has 4 nitrogen and oxygen atoms in total. The highest BCUT2D eigenvalue weighted by Crippen LogP contribution is 2.19. The summed E-state index contributed by atoms with van der Waals surface area (Å²) in [5.74, 6) is 2.53. The zero-order valence-corrected chi connectivity index (χ0v) is 17.9. The first-order chi connectivity index (χ1) is 11.7. The molecule has 2 fully saturated rings. The van der Waals surface area contributed by atoms with Gasteiger partial charge in [0.05, 0.1) is 0 Å². The van der Waals surface area contributed by atoms with Crippen molar-refractivity contribution in [3.8, 4) is 0 Å². The molecule has 148 valence electrons. The number of halogens is 2. The summed E-state index contributed by atoms with van der Waals surface area (Å²) in [5.41, 5.74) is 1.38. The molecule has 0 aromatic heterocycles. The first-order valence-corrected chi connectivity index (χ1v) is 10.2. The summed E-state index contributed by atoms with van der Waals surface area (Å²) >= 11 is 1.95. The smallest absolute Gasteiger partial charge is 0.224 e. The molecular weight excluding hydrogens is 389 g/mol. The van der Waals surface area contributed by atoms with Crippen LogP contribution in [0.5, 0.6) is 0 Å². The summed E-state index contributed by atoms with van der Waals surface area (Å²) in [6.07, 6.45) is 2.82. The van der Waals surface area contributed by atoms with Gasteiger partial charge in [-0.3, -0.25) is 9.69 Å². The normalized spacial score (nSPS) is 21.3. The number of carbonyl (C=O) groups excluding carboxylic acids is 1. The van der Waals surface area contributed by atoms with Crippen LogP contribution >= 0.6 is 36.6 Å². The van der Waals surface area contributed by atoms with E-state index in [1.54, 1.807) is 0 Å². The number of piperidine rings is 1. The van der Waals surface area contributed by atoms with E-state index in [4.69, 9.17) is 0 Å². The largest absolute Gasteiger partial charge is 0.343 e. The predicted octanol–water partition coefficient (Wildman–Crippen LogP) is 3.05. The molecule has 1 amide bonds. The highest BCUT2D eigenvalue weighted by Gasteiger charge is 2.27. The highest BCUT2D eigenvalue weighted by atomic mass is 35.5. The minimum absolute atomic E-state index is 0. The first-order valence-electron chi connectivity index (χ1n) is 9.05. The Kier molecular flexibility index (Phi) is 11.0. The Hall–Kier alpha value is -0.460. The number of nitrogens with zero attached hydrogens (tertiary/aromatic N) is 2. The van der Waals surface area contributed by atoms with Crippen LogP contribution in [0.1, 0.15) is 24.8 Å². The number of hydrogen-bond acceptors (Lipinski definition) is 4. The van der Waals surface area contributed by atoms with Crippen molar-refractivity contribution >= 4 is 42.5 Å². The van der Waals surface area contributed by atoms with Gasteiger partial charge in [0.2, 0.25) is 5.91 Å². The number of rotatable bonds is 5. The van der Waals surface area contributed by atoms with Crippen LogP contribution in [0.2, 0.25) is 0 Å². The molecule has 0 saturated carbocycles. The molecule has 1 N–H and O–H groups in total. The Morgan fingerprint density at radius 1 is 1.23 bits per heavy atom. The van der Waals surface area contributed by atoms with Crippen LogP contribution in [0.25, 0.3) is 0 Å². The van der Waals surface area contributed by atoms with E-state index in [2.05, 4.69) is 40.5 Å². The van der Waals surface area contributed by atoms with Crippen molar-refractivity contribution in [2.45, 2.75) is 37.9 Å². The summed E-state index contributed by atoms with van der Waals surface area (Å²) in [5, 5.41) is 3.47. The van der Waals surface area contributed by atoms with Crippen LogP contribution in [-0.2, 0) is 11.3 Å². The lowest BCUT2D eigenvalue weighted by atomic mass is 10.0. The van der Waals surface area contributed by atoms with Gasteiger partial charge in [0.1, 0.15) is 0 Å². The summed E-state index contributed by atoms with van der Waals surface area (Å²) in [7, 11) is 2.00. The average Bonchev–Trinajstić information content (AvgIpc) is 2.63. The minimum Gasteiger partial charge on any atom is -0.343 e. The number of benzene rings is 1. The van der Waals surface area contributed by atoms with Crippen LogP contribution in [0.15, 0.2) is 30.3 Å². The molecule has 2 aliphatic heterocycles. The quantitative estimate of drug-likeness (QED) is 0.795. The fourth-order valence-corrected chi connectivity index (χ4v) is 4.56. The van der Waals surface area contributed by atoms with Gasteiger partial charge in [-0.15, -0.1) is 24.8 Å². The lowest BCUT2D eigenvalue weighted by molar-refractivity contribution is -0.133. The van der Waals surface area contributed by atoms with E-state index >= 15 is 0 Å². The van der Waals surface area contributed by atoms with Gasteiger partial charge in [-0.1, -0.05) is 30.3 Å². The number of carbonyl (C=O) groups is 1. The molecule has 0 bridgehead atoms. The topological polar surface area (TPSA) is 35.6 Å². The molecule has 3 rings (SSSR count).